The number of ketones is 1. The number of para-hydroxylation sites is 1. The molecule has 12 heteroatoms. The Hall–Kier alpha value is -4.74. The maximum absolute atomic E-state index is 13.6. The smallest absolute Gasteiger partial charge is 0.282 e. The number of nitrogens with zero attached hydrogens (tertiary/aromatic N) is 4. The second kappa shape index (κ2) is 9.49. The number of fused-ring (bicyclic) bond motifs is 1. The van der Waals surface area contributed by atoms with E-state index >= 15 is 0 Å². The fourth-order valence-corrected chi connectivity index (χ4v) is 4.46. The molecule has 1 aliphatic carbocycles. The summed E-state index contributed by atoms with van der Waals surface area (Å²) >= 11 is 0. The topological polar surface area (TPSA) is 161 Å². The minimum Gasteiger partial charge on any atom is -0.292 e. The van der Waals surface area contributed by atoms with E-state index in [4.69, 9.17) is 0 Å². The Morgan fingerprint density at radius 2 is 1.69 bits per heavy atom. The summed E-state index contributed by atoms with van der Waals surface area (Å²) in [5, 5.41) is 23.9. The van der Waals surface area contributed by atoms with Gasteiger partial charge in [-0.15, -0.1) is 0 Å². The second-order valence-corrected chi connectivity index (χ2v) is 8.56. The lowest BCUT2D eigenvalue weighted by atomic mass is 9.82. The average molecular weight is 492 g/mol. The van der Waals surface area contributed by atoms with Crippen LogP contribution in [-0.2, 0) is 9.59 Å². The van der Waals surface area contributed by atoms with Gasteiger partial charge in [0.25, 0.3) is 29.1 Å². The first-order valence-corrected chi connectivity index (χ1v) is 11.0. The first-order valence-electron chi connectivity index (χ1n) is 11.0. The number of carbonyl (C=O) groups is 4. The summed E-state index contributed by atoms with van der Waals surface area (Å²) in [4.78, 5) is 74.4. The number of imide groups is 1. The number of non-ortho nitro benzene ring substituents is 1. The molecule has 1 saturated heterocycles. The first kappa shape index (κ1) is 24.4. The predicted molar refractivity (Wildman–Crippen MR) is 123 cm³/mol. The monoisotopic (exact) mass is 492 g/mol. The number of nitro benzene ring substituents is 2. The SMILES string of the molecule is CC1=CC[C@@H]2C(=O)N(N(CC(=O)c3cccc([N+](=O)[O-])c3)C(=O)c3ccccc3[N+](=O)[O-])C(=O)[C@H]2C1. The highest BCUT2D eigenvalue weighted by Crippen LogP contribution is 2.39. The van der Waals surface area contributed by atoms with Gasteiger partial charge in [0.15, 0.2) is 5.78 Å². The summed E-state index contributed by atoms with van der Waals surface area (Å²) < 4.78 is 0. The van der Waals surface area contributed by atoms with Crippen LogP contribution in [0.3, 0.4) is 0 Å². The number of Topliss-reactive ketones (excluding diaryl/α,β-unsaturated/α-hetero) is 1. The van der Waals surface area contributed by atoms with Gasteiger partial charge in [-0.3, -0.25) is 39.4 Å². The molecule has 12 nitrogen and oxygen atoms in total. The van der Waals surface area contributed by atoms with Crippen LogP contribution in [0.25, 0.3) is 0 Å². The Balaban J connectivity index is 1.75. The molecular formula is C24H20N4O8. The molecule has 0 bridgehead atoms. The van der Waals surface area contributed by atoms with Crippen LogP contribution >= 0.6 is 0 Å². The van der Waals surface area contributed by atoms with Gasteiger partial charge in [0.2, 0.25) is 0 Å². The van der Waals surface area contributed by atoms with Crippen molar-refractivity contribution in [1.82, 2.24) is 10.0 Å². The molecule has 2 atom stereocenters. The molecule has 1 aliphatic heterocycles. The highest BCUT2D eigenvalue weighted by Gasteiger charge is 2.52. The molecule has 36 heavy (non-hydrogen) atoms. The van der Waals surface area contributed by atoms with Gasteiger partial charge in [0.05, 0.1) is 21.7 Å². The number of amides is 3. The minimum atomic E-state index is -1.09. The summed E-state index contributed by atoms with van der Waals surface area (Å²) in [6.45, 7) is 0.980. The van der Waals surface area contributed by atoms with Crippen molar-refractivity contribution < 1.29 is 29.0 Å². The third kappa shape index (κ3) is 4.35. The van der Waals surface area contributed by atoms with Crippen molar-refractivity contribution in [3.8, 4) is 0 Å². The van der Waals surface area contributed by atoms with Crippen molar-refractivity contribution in [1.29, 1.82) is 0 Å². The molecule has 2 aliphatic rings. The highest BCUT2D eigenvalue weighted by atomic mass is 16.6. The third-order valence-electron chi connectivity index (χ3n) is 6.28. The zero-order valence-electron chi connectivity index (χ0n) is 19.0. The van der Waals surface area contributed by atoms with Crippen LogP contribution in [-0.4, -0.2) is 49.9 Å². The van der Waals surface area contributed by atoms with Crippen LogP contribution in [0.5, 0.6) is 0 Å². The number of hydrogen-bond acceptors (Lipinski definition) is 8. The first-order chi connectivity index (χ1) is 17.1. The minimum absolute atomic E-state index is 0.126. The van der Waals surface area contributed by atoms with E-state index in [1.54, 1.807) is 0 Å². The molecule has 2 aromatic rings. The second-order valence-electron chi connectivity index (χ2n) is 8.56. The van der Waals surface area contributed by atoms with Crippen molar-refractivity contribution in [3.63, 3.8) is 0 Å². The summed E-state index contributed by atoms with van der Waals surface area (Å²) in [6.07, 6.45) is 2.42. The zero-order valence-corrected chi connectivity index (χ0v) is 19.0. The highest BCUT2D eigenvalue weighted by molar-refractivity contribution is 6.10. The summed E-state index contributed by atoms with van der Waals surface area (Å²) in [7, 11) is 0. The summed E-state index contributed by atoms with van der Waals surface area (Å²) in [6, 6.07) is 9.75. The fourth-order valence-electron chi connectivity index (χ4n) is 4.46. The molecule has 0 spiro atoms. The molecule has 0 saturated carbocycles. The van der Waals surface area contributed by atoms with Crippen molar-refractivity contribution in [3.05, 3.63) is 91.5 Å². The number of nitro groups is 2. The Morgan fingerprint density at radius 1 is 1.00 bits per heavy atom. The van der Waals surface area contributed by atoms with Gasteiger partial charge >= 0.3 is 0 Å². The molecule has 0 radical (unpaired) electrons. The molecule has 0 N–H and O–H groups in total. The van der Waals surface area contributed by atoms with Gasteiger partial charge in [-0.05, 0) is 25.8 Å². The van der Waals surface area contributed by atoms with Crippen molar-refractivity contribution >= 4 is 34.9 Å². The molecule has 2 aromatic carbocycles. The number of hydrazine groups is 1. The number of carbonyl (C=O) groups excluding carboxylic acids is 4. The van der Waals surface area contributed by atoms with Crippen molar-refractivity contribution in [2.24, 2.45) is 11.8 Å². The van der Waals surface area contributed by atoms with Gasteiger partial charge in [-0.1, -0.05) is 35.9 Å². The van der Waals surface area contributed by atoms with E-state index in [-0.39, 0.29) is 17.7 Å². The van der Waals surface area contributed by atoms with Crippen LogP contribution in [0.2, 0.25) is 0 Å². The van der Waals surface area contributed by atoms with Gasteiger partial charge in [0.1, 0.15) is 12.1 Å². The van der Waals surface area contributed by atoms with Gasteiger partial charge in [-0.2, -0.15) is 5.01 Å². The summed E-state index contributed by atoms with van der Waals surface area (Å²) in [5.41, 5.74) is -0.566. The maximum Gasteiger partial charge on any atom is 0.282 e. The van der Waals surface area contributed by atoms with Crippen molar-refractivity contribution in [2.45, 2.75) is 19.8 Å². The van der Waals surface area contributed by atoms with E-state index in [0.29, 0.717) is 16.4 Å². The third-order valence-corrected chi connectivity index (χ3v) is 6.28. The quantitative estimate of drug-likeness (QED) is 0.187. The van der Waals surface area contributed by atoms with Crippen LogP contribution in [0.15, 0.2) is 60.2 Å². The predicted octanol–water partition coefficient (Wildman–Crippen LogP) is 3.08. The fraction of sp³-hybridized carbons (Fsp3) is 0.250. The largest absolute Gasteiger partial charge is 0.292 e. The molecule has 3 amide bonds. The van der Waals surface area contributed by atoms with Crippen LogP contribution < -0.4 is 0 Å². The van der Waals surface area contributed by atoms with Crippen LogP contribution in [0.4, 0.5) is 11.4 Å². The summed E-state index contributed by atoms with van der Waals surface area (Å²) in [5.74, 6) is -4.71. The normalized spacial score (nSPS) is 18.9. The van der Waals surface area contributed by atoms with Gasteiger partial charge in [0, 0.05) is 23.8 Å². The van der Waals surface area contributed by atoms with Gasteiger partial charge < -0.3 is 0 Å². The molecule has 1 fully saturated rings. The molecule has 184 valence electrons. The molecule has 0 unspecified atom stereocenters. The molecule has 1 heterocycles. The Kier molecular flexibility index (Phi) is 6.43. The molecule has 0 aromatic heterocycles. The van der Waals surface area contributed by atoms with E-state index in [2.05, 4.69) is 0 Å². The Morgan fingerprint density at radius 3 is 2.39 bits per heavy atom. The zero-order chi connectivity index (χ0) is 26.1. The number of rotatable bonds is 7. The molecule has 4 rings (SSSR count). The standard InChI is InChI=1S/C24H20N4O8/c1-14-9-10-17-19(11-14)24(32)26(23(17)31)25(22(30)18-7-2-3-8-20(18)28(35)36)13-21(29)15-5-4-6-16(12-15)27(33)34/h2-9,12,17,19H,10-11,13H2,1H3/t17-,19-/m0/s1. The van der Waals surface area contributed by atoms with E-state index in [0.717, 1.165) is 23.8 Å². The lowest BCUT2D eigenvalue weighted by molar-refractivity contribution is -0.385. The number of allylic oxidation sites excluding steroid dienone is 2. The van der Waals surface area contributed by atoms with E-state index in [9.17, 15) is 39.4 Å². The van der Waals surface area contributed by atoms with E-state index in [1.807, 2.05) is 13.0 Å². The van der Waals surface area contributed by atoms with Gasteiger partial charge in [-0.25, -0.2) is 5.01 Å². The number of benzene rings is 2. The van der Waals surface area contributed by atoms with Crippen molar-refractivity contribution in [2.75, 3.05) is 6.54 Å². The maximum atomic E-state index is 13.6. The lowest BCUT2D eigenvalue weighted by Crippen LogP contribution is -2.52. The van der Waals surface area contributed by atoms with E-state index < -0.39 is 63.0 Å². The van der Waals surface area contributed by atoms with Crippen LogP contribution in [0.1, 0.15) is 40.5 Å². The lowest BCUT2D eigenvalue weighted by Gasteiger charge is -2.30. The average Bonchev–Trinajstić information content (AvgIpc) is 3.10. The Bertz CT molecular complexity index is 1350. The van der Waals surface area contributed by atoms with E-state index in [1.165, 1.54) is 30.3 Å². The molecular weight excluding hydrogens is 472 g/mol. The number of hydrogen-bond donors (Lipinski definition) is 0. The van der Waals surface area contributed by atoms with Crippen LogP contribution in [0, 0.1) is 32.1 Å². The Labute approximate surface area is 204 Å².